The Balaban J connectivity index is 0.000000999. The molecule has 1 saturated carbocycles. The van der Waals surface area contributed by atoms with Gasteiger partial charge in [-0.3, -0.25) is 4.79 Å². The highest BCUT2D eigenvalue weighted by atomic mass is 16.4. The number of carbonyl (C=O) groups is 1. The lowest BCUT2D eigenvalue weighted by Crippen LogP contribution is -2.33. The third-order valence-electron chi connectivity index (χ3n) is 7.22. The average molecular weight is 460 g/mol. The second kappa shape index (κ2) is 10.4. The maximum absolute atomic E-state index is 11.5. The van der Waals surface area contributed by atoms with Crippen molar-refractivity contribution in [1.29, 1.82) is 0 Å². The molecule has 1 fully saturated rings. The number of hydrogen-bond acceptors (Lipinski definition) is 2. The van der Waals surface area contributed by atoms with Crippen LogP contribution in [0.1, 0.15) is 106 Å². The number of fused-ring (bicyclic) bond motifs is 1. The fourth-order valence-electron chi connectivity index (χ4n) is 4.56. The van der Waals surface area contributed by atoms with Crippen molar-refractivity contribution in [3.05, 3.63) is 69.8 Å². The molecule has 0 saturated heterocycles. The normalized spacial score (nSPS) is 18.2. The van der Waals surface area contributed by atoms with Gasteiger partial charge in [0, 0.05) is 17.2 Å². The first-order chi connectivity index (χ1) is 16.0. The molecule has 1 unspecified atom stereocenters. The Morgan fingerprint density at radius 1 is 1.06 bits per heavy atom. The van der Waals surface area contributed by atoms with Crippen LogP contribution in [0.2, 0.25) is 0 Å². The Morgan fingerprint density at radius 3 is 2.15 bits per heavy atom. The van der Waals surface area contributed by atoms with Crippen LogP contribution in [-0.2, 0) is 22.0 Å². The minimum Gasteiger partial charge on any atom is -0.481 e. The summed E-state index contributed by atoms with van der Waals surface area (Å²) < 4.78 is 0. The molecule has 0 radical (unpaired) electrons. The van der Waals surface area contributed by atoms with Crippen LogP contribution < -0.4 is 0 Å². The van der Waals surface area contributed by atoms with Crippen molar-refractivity contribution in [2.24, 2.45) is 0 Å². The molecule has 2 aliphatic carbocycles. The zero-order valence-corrected chi connectivity index (χ0v) is 22.1. The Labute approximate surface area is 206 Å². The van der Waals surface area contributed by atoms with Gasteiger partial charge in [0.25, 0.3) is 0 Å². The number of carboxylic acids is 1. The fourth-order valence-corrected chi connectivity index (χ4v) is 4.56. The molecule has 1 atom stereocenters. The van der Waals surface area contributed by atoms with Crippen LogP contribution in [-0.4, -0.2) is 30.1 Å². The lowest BCUT2D eigenvalue weighted by molar-refractivity contribution is -0.142. The number of benzene rings is 2. The predicted molar refractivity (Wildman–Crippen MR) is 141 cm³/mol. The van der Waals surface area contributed by atoms with Crippen LogP contribution in [0.5, 0.6) is 0 Å². The quantitative estimate of drug-likeness (QED) is 0.508. The minimum atomic E-state index is -0.908. The lowest BCUT2D eigenvalue weighted by Gasteiger charge is -2.41. The molecule has 34 heavy (non-hydrogen) atoms. The highest BCUT2D eigenvalue weighted by Gasteiger charge is 2.35. The van der Waals surface area contributed by atoms with Crippen molar-refractivity contribution in [3.8, 4) is 11.8 Å². The van der Waals surface area contributed by atoms with Crippen molar-refractivity contribution in [2.45, 2.75) is 90.0 Å². The maximum Gasteiger partial charge on any atom is 0.313 e. The molecule has 0 heterocycles. The van der Waals surface area contributed by atoms with Gasteiger partial charge in [-0.1, -0.05) is 64.0 Å². The first-order valence-electron chi connectivity index (χ1n) is 12.7. The molecule has 1 N–H and O–H groups in total. The van der Waals surface area contributed by atoms with E-state index in [1.54, 1.807) is 13.8 Å². The van der Waals surface area contributed by atoms with Gasteiger partial charge in [-0.15, -0.1) is 0 Å². The molecule has 2 aromatic carbocycles. The second-order valence-corrected chi connectivity index (χ2v) is 11.2. The van der Waals surface area contributed by atoms with E-state index in [0.29, 0.717) is 6.04 Å². The van der Waals surface area contributed by atoms with Gasteiger partial charge in [-0.2, -0.15) is 0 Å². The zero-order valence-electron chi connectivity index (χ0n) is 22.1. The van der Waals surface area contributed by atoms with E-state index in [4.69, 9.17) is 0 Å². The molecule has 2 aromatic rings. The standard InChI is InChI=1S/C28H35NO2.C3H6/c1-8-21-17-20(18-23-25(21)24(29(6)7)15-16-27(23,2)3)10-9-19-11-13-22(14-12-19)28(4,5)26(30)31;1-2-3-1/h11-14,17-18,24H,8,15-16H2,1-7H3,(H,30,31);1-3H2. The molecule has 0 aromatic heterocycles. The monoisotopic (exact) mass is 459 g/mol. The summed E-state index contributed by atoms with van der Waals surface area (Å²) in [5.41, 5.74) is 6.29. The van der Waals surface area contributed by atoms with E-state index in [-0.39, 0.29) is 5.41 Å². The molecule has 0 bridgehead atoms. The molecule has 3 nitrogen and oxygen atoms in total. The summed E-state index contributed by atoms with van der Waals surface area (Å²) in [4.78, 5) is 13.8. The predicted octanol–water partition coefficient (Wildman–Crippen LogP) is 6.86. The molecule has 4 rings (SSSR count). The summed E-state index contributed by atoms with van der Waals surface area (Å²) >= 11 is 0. The van der Waals surface area contributed by atoms with Crippen LogP contribution in [0, 0.1) is 11.8 Å². The van der Waals surface area contributed by atoms with E-state index < -0.39 is 11.4 Å². The van der Waals surface area contributed by atoms with Gasteiger partial charge >= 0.3 is 5.97 Å². The number of carboxylic acid groups (broad SMARTS) is 1. The first kappa shape index (κ1) is 26.0. The molecular formula is C31H41NO2. The summed E-state index contributed by atoms with van der Waals surface area (Å²) in [5.74, 6) is 5.82. The minimum absolute atomic E-state index is 0.146. The van der Waals surface area contributed by atoms with Crippen LogP contribution in [0.25, 0.3) is 0 Å². The Bertz CT molecular complexity index is 1080. The Hall–Kier alpha value is -2.57. The van der Waals surface area contributed by atoms with Crippen LogP contribution >= 0.6 is 0 Å². The van der Waals surface area contributed by atoms with Gasteiger partial charge in [0.1, 0.15) is 0 Å². The van der Waals surface area contributed by atoms with Crippen molar-refractivity contribution < 1.29 is 9.90 Å². The third kappa shape index (κ3) is 5.91. The molecule has 2 aliphatic rings. The van der Waals surface area contributed by atoms with E-state index >= 15 is 0 Å². The summed E-state index contributed by atoms with van der Waals surface area (Å²) in [6, 6.07) is 12.6. The molecule has 0 amide bonds. The third-order valence-corrected chi connectivity index (χ3v) is 7.22. The topological polar surface area (TPSA) is 40.5 Å². The molecule has 0 spiro atoms. The van der Waals surface area contributed by atoms with Gasteiger partial charge in [-0.05, 0) is 99.1 Å². The van der Waals surface area contributed by atoms with E-state index in [1.165, 1.54) is 48.8 Å². The van der Waals surface area contributed by atoms with Crippen molar-refractivity contribution in [3.63, 3.8) is 0 Å². The van der Waals surface area contributed by atoms with Gasteiger partial charge < -0.3 is 10.0 Å². The summed E-state index contributed by atoms with van der Waals surface area (Å²) in [6.45, 7) is 10.4. The number of nitrogens with zero attached hydrogens (tertiary/aromatic N) is 1. The fraction of sp³-hybridized carbons (Fsp3) is 0.516. The Kier molecular flexibility index (Phi) is 7.94. The Morgan fingerprint density at radius 2 is 1.65 bits per heavy atom. The molecular weight excluding hydrogens is 418 g/mol. The SMILES string of the molecule is C1CC1.CCc1cc(C#Cc2ccc(C(C)(C)C(=O)O)cc2)cc2c1C(N(C)C)CCC2(C)C. The van der Waals surface area contributed by atoms with Gasteiger partial charge in [-0.25, -0.2) is 0 Å². The maximum atomic E-state index is 11.5. The highest BCUT2D eigenvalue weighted by molar-refractivity contribution is 5.80. The number of aliphatic carboxylic acids is 1. The molecule has 182 valence electrons. The summed E-state index contributed by atoms with van der Waals surface area (Å²) in [6.07, 6.45) is 7.85. The lowest BCUT2D eigenvalue weighted by atomic mass is 9.68. The van der Waals surface area contributed by atoms with Crippen LogP contribution in [0.15, 0.2) is 36.4 Å². The highest BCUT2D eigenvalue weighted by Crippen LogP contribution is 2.45. The van der Waals surface area contributed by atoms with Gasteiger partial charge in [0.2, 0.25) is 0 Å². The van der Waals surface area contributed by atoms with Crippen molar-refractivity contribution in [1.82, 2.24) is 4.90 Å². The molecule has 0 aliphatic heterocycles. The second-order valence-electron chi connectivity index (χ2n) is 11.2. The van der Waals surface area contributed by atoms with Gasteiger partial charge in [0.05, 0.1) is 5.41 Å². The van der Waals surface area contributed by atoms with E-state index in [0.717, 1.165) is 23.1 Å². The first-order valence-corrected chi connectivity index (χ1v) is 12.7. The van der Waals surface area contributed by atoms with Crippen LogP contribution in [0.3, 0.4) is 0 Å². The largest absolute Gasteiger partial charge is 0.481 e. The summed E-state index contributed by atoms with van der Waals surface area (Å²) in [7, 11) is 4.35. The van der Waals surface area contributed by atoms with Crippen molar-refractivity contribution in [2.75, 3.05) is 14.1 Å². The van der Waals surface area contributed by atoms with E-state index in [9.17, 15) is 9.90 Å². The van der Waals surface area contributed by atoms with Gasteiger partial charge in [0.15, 0.2) is 0 Å². The van der Waals surface area contributed by atoms with Crippen LogP contribution in [0.4, 0.5) is 0 Å². The zero-order chi connectivity index (χ0) is 25.1. The molecule has 3 heteroatoms. The summed E-state index contributed by atoms with van der Waals surface area (Å²) in [5, 5.41) is 9.43. The average Bonchev–Trinajstić information content (AvgIpc) is 3.67. The van der Waals surface area contributed by atoms with E-state index in [1.807, 2.05) is 24.3 Å². The number of aryl methyl sites for hydroxylation is 1. The number of rotatable bonds is 4. The smallest absolute Gasteiger partial charge is 0.313 e. The van der Waals surface area contributed by atoms with Crippen molar-refractivity contribution >= 4 is 5.97 Å². The number of hydrogen-bond donors (Lipinski definition) is 1. The van der Waals surface area contributed by atoms with E-state index in [2.05, 4.69) is 63.7 Å².